The number of nitrogens with one attached hydrogen (secondary N) is 2. The first-order chi connectivity index (χ1) is 12.9. The number of nitrogens with zero attached hydrogens (tertiary/aromatic N) is 2. The van der Waals surface area contributed by atoms with Crippen molar-refractivity contribution in [3.05, 3.63) is 81.1 Å². The molecular formula is C18H15FN4O3S. The second kappa shape index (κ2) is 7.92. The highest BCUT2D eigenvalue weighted by Crippen LogP contribution is 2.22. The van der Waals surface area contributed by atoms with E-state index in [0.717, 1.165) is 5.56 Å². The van der Waals surface area contributed by atoms with Gasteiger partial charge in [-0.25, -0.2) is 9.37 Å². The first-order valence-corrected chi connectivity index (χ1v) is 8.83. The number of hydrogen-bond donors (Lipinski definition) is 2. The Morgan fingerprint density at radius 1 is 1.19 bits per heavy atom. The summed E-state index contributed by atoms with van der Waals surface area (Å²) in [7, 11) is 0. The van der Waals surface area contributed by atoms with Crippen LogP contribution >= 0.6 is 11.3 Å². The van der Waals surface area contributed by atoms with E-state index in [1.54, 1.807) is 36.6 Å². The number of carbonyl (C=O) groups is 1. The van der Waals surface area contributed by atoms with Crippen LogP contribution in [0.25, 0.3) is 0 Å². The normalized spacial score (nSPS) is 11.6. The fourth-order valence-electron chi connectivity index (χ4n) is 2.33. The number of nitro benzene ring substituents is 1. The third-order valence-corrected chi connectivity index (χ3v) is 4.54. The van der Waals surface area contributed by atoms with Gasteiger partial charge in [0.25, 0.3) is 11.6 Å². The number of halogens is 1. The van der Waals surface area contributed by atoms with Gasteiger partial charge in [0, 0.05) is 23.2 Å². The Kier molecular flexibility index (Phi) is 5.41. The summed E-state index contributed by atoms with van der Waals surface area (Å²) >= 11 is 1.25. The minimum absolute atomic E-state index is 0.00622. The molecule has 0 radical (unpaired) electrons. The zero-order valence-corrected chi connectivity index (χ0v) is 15.0. The molecule has 138 valence electrons. The van der Waals surface area contributed by atoms with Crippen LogP contribution < -0.4 is 10.6 Å². The van der Waals surface area contributed by atoms with Gasteiger partial charge in [0.05, 0.1) is 11.0 Å². The lowest BCUT2D eigenvalue weighted by atomic mass is 10.1. The number of thiazole rings is 1. The van der Waals surface area contributed by atoms with Gasteiger partial charge >= 0.3 is 0 Å². The average molecular weight is 386 g/mol. The topological polar surface area (TPSA) is 97.2 Å². The smallest absolute Gasteiger partial charge is 0.271 e. The molecule has 2 aromatic carbocycles. The van der Waals surface area contributed by atoms with Crippen LogP contribution in [0, 0.1) is 15.9 Å². The highest BCUT2D eigenvalue weighted by atomic mass is 32.1. The van der Waals surface area contributed by atoms with E-state index in [9.17, 15) is 19.3 Å². The molecule has 0 spiro atoms. The predicted molar refractivity (Wildman–Crippen MR) is 101 cm³/mol. The summed E-state index contributed by atoms with van der Waals surface area (Å²) in [6, 6.07) is 11.5. The quantitative estimate of drug-likeness (QED) is 0.483. The lowest BCUT2D eigenvalue weighted by Crippen LogP contribution is -2.26. The van der Waals surface area contributed by atoms with Crippen molar-refractivity contribution in [3.8, 4) is 0 Å². The van der Waals surface area contributed by atoms with E-state index in [4.69, 9.17) is 0 Å². The van der Waals surface area contributed by atoms with Crippen molar-refractivity contribution in [2.24, 2.45) is 0 Å². The number of nitro groups is 1. The second-order valence-corrected chi connectivity index (χ2v) is 6.57. The van der Waals surface area contributed by atoms with Gasteiger partial charge in [-0.3, -0.25) is 14.9 Å². The van der Waals surface area contributed by atoms with Crippen molar-refractivity contribution in [2.75, 3.05) is 5.32 Å². The summed E-state index contributed by atoms with van der Waals surface area (Å²) in [5, 5.41) is 18.6. The Morgan fingerprint density at radius 3 is 2.48 bits per heavy atom. The number of carbonyl (C=O) groups excluding carboxylic acids is 1. The summed E-state index contributed by atoms with van der Waals surface area (Å²) in [6.07, 6.45) is 0. The summed E-state index contributed by atoms with van der Waals surface area (Å²) in [6.45, 7) is 1.78. The Hall–Kier alpha value is -3.33. The molecule has 0 aliphatic carbocycles. The molecular weight excluding hydrogens is 371 g/mol. The van der Waals surface area contributed by atoms with Gasteiger partial charge in [0.2, 0.25) is 0 Å². The SMILES string of the molecule is C[C@H](NC(=O)c1csc(Nc2ccc(F)cc2)n1)c1ccc([N+](=O)[O-])cc1. The molecule has 9 heteroatoms. The van der Waals surface area contributed by atoms with Crippen molar-refractivity contribution in [3.63, 3.8) is 0 Å². The fraction of sp³-hybridized carbons (Fsp3) is 0.111. The molecule has 0 fully saturated rings. The Bertz CT molecular complexity index is 957. The van der Waals surface area contributed by atoms with E-state index in [-0.39, 0.29) is 29.1 Å². The van der Waals surface area contributed by atoms with E-state index in [2.05, 4.69) is 15.6 Å². The van der Waals surface area contributed by atoms with Gasteiger partial charge in [-0.2, -0.15) is 0 Å². The van der Waals surface area contributed by atoms with Crippen LogP contribution in [-0.4, -0.2) is 15.8 Å². The zero-order valence-electron chi connectivity index (χ0n) is 14.2. The van der Waals surface area contributed by atoms with Gasteiger partial charge in [0.15, 0.2) is 5.13 Å². The van der Waals surface area contributed by atoms with Crippen molar-refractivity contribution in [2.45, 2.75) is 13.0 Å². The molecule has 3 aromatic rings. The lowest BCUT2D eigenvalue weighted by molar-refractivity contribution is -0.384. The molecule has 1 atom stereocenters. The molecule has 1 amide bonds. The summed E-state index contributed by atoms with van der Waals surface area (Å²) in [5.41, 5.74) is 1.65. The van der Waals surface area contributed by atoms with Gasteiger partial charge < -0.3 is 10.6 Å². The van der Waals surface area contributed by atoms with Crippen molar-refractivity contribution >= 4 is 33.8 Å². The Balaban J connectivity index is 1.63. The molecule has 1 aromatic heterocycles. The van der Waals surface area contributed by atoms with Crippen molar-refractivity contribution in [1.29, 1.82) is 0 Å². The maximum absolute atomic E-state index is 12.9. The van der Waals surface area contributed by atoms with Gasteiger partial charge in [-0.15, -0.1) is 11.3 Å². The van der Waals surface area contributed by atoms with Gasteiger partial charge in [0.1, 0.15) is 11.5 Å². The Morgan fingerprint density at radius 2 is 1.85 bits per heavy atom. The average Bonchev–Trinajstić information content (AvgIpc) is 3.12. The van der Waals surface area contributed by atoms with E-state index < -0.39 is 4.92 Å². The molecule has 27 heavy (non-hydrogen) atoms. The number of amides is 1. The monoisotopic (exact) mass is 386 g/mol. The second-order valence-electron chi connectivity index (χ2n) is 5.71. The van der Waals surface area contributed by atoms with Crippen LogP contribution in [0.15, 0.2) is 53.9 Å². The molecule has 0 aliphatic rings. The number of anilines is 2. The minimum Gasteiger partial charge on any atom is -0.344 e. The molecule has 0 bridgehead atoms. The van der Waals surface area contributed by atoms with Crippen LogP contribution in [0.5, 0.6) is 0 Å². The third kappa shape index (κ3) is 4.64. The number of hydrogen-bond acceptors (Lipinski definition) is 6. The highest BCUT2D eigenvalue weighted by Gasteiger charge is 2.15. The van der Waals surface area contributed by atoms with Crippen molar-refractivity contribution < 1.29 is 14.1 Å². The van der Waals surface area contributed by atoms with Gasteiger partial charge in [-0.05, 0) is 36.8 Å². The summed E-state index contributed by atoms with van der Waals surface area (Å²) < 4.78 is 12.9. The van der Waals surface area contributed by atoms with E-state index in [1.807, 2.05) is 0 Å². The maximum atomic E-state index is 12.9. The first-order valence-electron chi connectivity index (χ1n) is 7.96. The predicted octanol–water partition coefficient (Wildman–Crippen LogP) is 4.43. The molecule has 1 heterocycles. The largest absolute Gasteiger partial charge is 0.344 e. The number of benzene rings is 2. The highest BCUT2D eigenvalue weighted by molar-refractivity contribution is 7.14. The minimum atomic E-state index is -0.474. The molecule has 0 aliphatic heterocycles. The van der Waals surface area contributed by atoms with E-state index in [1.165, 1.54) is 35.6 Å². The number of aromatic nitrogens is 1. The van der Waals surface area contributed by atoms with Crippen LogP contribution in [0.4, 0.5) is 20.9 Å². The van der Waals surface area contributed by atoms with Crippen LogP contribution in [0.3, 0.4) is 0 Å². The molecule has 7 nitrogen and oxygen atoms in total. The van der Waals surface area contributed by atoms with Gasteiger partial charge in [-0.1, -0.05) is 12.1 Å². The van der Waals surface area contributed by atoms with Crippen LogP contribution in [0.2, 0.25) is 0 Å². The summed E-state index contributed by atoms with van der Waals surface area (Å²) in [5.74, 6) is -0.691. The third-order valence-electron chi connectivity index (χ3n) is 3.78. The molecule has 3 rings (SSSR count). The van der Waals surface area contributed by atoms with Crippen molar-refractivity contribution in [1.82, 2.24) is 10.3 Å². The van der Waals surface area contributed by atoms with Crippen LogP contribution in [0.1, 0.15) is 29.0 Å². The van der Waals surface area contributed by atoms with E-state index >= 15 is 0 Å². The molecule has 0 unspecified atom stereocenters. The maximum Gasteiger partial charge on any atom is 0.271 e. The lowest BCUT2D eigenvalue weighted by Gasteiger charge is -2.13. The first kappa shape index (κ1) is 18.5. The number of non-ortho nitro benzene ring substituents is 1. The zero-order chi connectivity index (χ0) is 19.4. The summed E-state index contributed by atoms with van der Waals surface area (Å²) in [4.78, 5) is 26.8. The number of rotatable bonds is 6. The molecule has 0 saturated carbocycles. The standard InChI is InChI=1S/C18H15FN4O3S/c1-11(12-2-8-15(9-3-12)23(25)26)20-17(24)16-10-27-18(22-16)21-14-6-4-13(19)5-7-14/h2-11H,1H3,(H,20,24)(H,21,22)/t11-/m0/s1. The van der Waals surface area contributed by atoms with Crippen LogP contribution in [-0.2, 0) is 0 Å². The Labute approximate surface area is 158 Å². The molecule has 2 N–H and O–H groups in total. The van der Waals surface area contributed by atoms with E-state index in [0.29, 0.717) is 10.8 Å². The fourth-order valence-corrected chi connectivity index (χ4v) is 3.04. The molecule has 0 saturated heterocycles.